The number of nitrogens with one attached hydrogen (secondary N) is 1. The SMILES string of the molecule is COc1ccc(N2C(=O)NC(=O)/C(=C/c3cccn3-c3cc(Cl)ccc3OC)C2=O)cc1. The summed E-state index contributed by atoms with van der Waals surface area (Å²) in [5.74, 6) is -0.399. The molecule has 1 N–H and O–H groups in total. The molecule has 2 heterocycles. The Hall–Kier alpha value is -4.04. The minimum atomic E-state index is -0.825. The lowest BCUT2D eigenvalue weighted by atomic mass is 10.1. The highest BCUT2D eigenvalue weighted by atomic mass is 35.5. The van der Waals surface area contributed by atoms with Crippen LogP contribution >= 0.6 is 11.6 Å². The van der Waals surface area contributed by atoms with Crippen molar-refractivity contribution in [2.24, 2.45) is 0 Å². The van der Waals surface area contributed by atoms with Crippen LogP contribution in [0.2, 0.25) is 5.02 Å². The van der Waals surface area contributed by atoms with Crippen molar-refractivity contribution in [2.75, 3.05) is 19.1 Å². The number of aromatic nitrogens is 1. The standard InChI is InChI=1S/C23H18ClN3O5/c1-31-17-8-6-15(7-9-17)27-22(29)18(21(28)25-23(27)30)13-16-4-3-11-26(16)19-12-14(24)5-10-20(19)32-2/h3-13H,1-2H3,(H,25,28,30)/b18-13-. The molecule has 162 valence electrons. The van der Waals surface area contributed by atoms with E-state index in [4.69, 9.17) is 21.1 Å². The van der Waals surface area contributed by atoms with E-state index in [0.717, 1.165) is 4.90 Å². The molecule has 4 rings (SSSR count). The first-order chi connectivity index (χ1) is 15.4. The highest BCUT2D eigenvalue weighted by Gasteiger charge is 2.37. The lowest BCUT2D eigenvalue weighted by Gasteiger charge is -2.26. The quantitative estimate of drug-likeness (QED) is 0.470. The molecular weight excluding hydrogens is 434 g/mol. The minimum Gasteiger partial charge on any atom is -0.497 e. The van der Waals surface area contributed by atoms with E-state index in [1.807, 2.05) is 0 Å². The molecule has 8 nitrogen and oxygen atoms in total. The second kappa shape index (κ2) is 8.60. The summed E-state index contributed by atoms with van der Waals surface area (Å²) in [5.41, 5.74) is 1.26. The zero-order chi connectivity index (χ0) is 22.8. The summed E-state index contributed by atoms with van der Waals surface area (Å²) in [6.07, 6.45) is 3.17. The van der Waals surface area contributed by atoms with Gasteiger partial charge in [0.2, 0.25) is 0 Å². The number of nitrogens with zero attached hydrogens (tertiary/aromatic N) is 2. The van der Waals surface area contributed by atoms with Gasteiger partial charge in [0.25, 0.3) is 11.8 Å². The Kier molecular flexibility index (Phi) is 5.70. The molecule has 32 heavy (non-hydrogen) atoms. The van der Waals surface area contributed by atoms with Crippen LogP contribution in [0.25, 0.3) is 11.8 Å². The number of barbiturate groups is 1. The van der Waals surface area contributed by atoms with Gasteiger partial charge in [-0.3, -0.25) is 14.9 Å². The van der Waals surface area contributed by atoms with Crippen molar-refractivity contribution in [3.63, 3.8) is 0 Å². The fraction of sp³-hybridized carbons (Fsp3) is 0.0870. The molecule has 1 fully saturated rings. The normalized spacial score (nSPS) is 15.2. The van der Waals surface area contributed by atoms with Crippen molar-refractivity contribution in [1.82, 2.24) is 9.88 Å². The monoisotopic (exact) mass is 451 g/mol. The summed E-state index contributed by atoms with van der Waals surface area (Å²) in [6, 6.07) is 14.1. The first kappa shape index (κ1) is 21.2. The van der Waals surface area contributed by atoms with Crippen LogP contribution in [0.15, 0.2) is 66.4 Å². The number of halogens is 1. The van der Waals surface area contributed by atoms with Gasteiger partial charge in [-0.15, -0.1) is 0 Å². The third-order valence-electron chi connectivity index (χ3n) is 4.91. The molecule has 3 aromatic rings. The summed E-state index contributed by atoms with van der Waals surface area (Å²) in [5, 5.41) is 2.71. The predicted molar refractivity (Wildman–Crippen MR) is 119 cm³/mol. The molecule has 1 aliphatic heterocycles. The van der Waals surface area contributed by atoms with Crippen LogP contribution in [0.3, 0.4) is 0 Å². The van der Waals surface area contributed by atoms with Crippen LogP contribution < -0.4 is 19.7 Å². The van der Waals surface area contributed by atoms with E-state index < -0.39 is 17.8 Å². The van der Waals surface area contributed by atoms with E-state index in [1.54, 1.807) is 65.4 Å². The molecule has 0 bridgehead atoms. The van der Waals surface area contributed by atoms with Crippen LogP contribution in [0, 0.1) is 0 Å². The first-order valence-corrected chi connectivity index (χ1v) is 9.87. The zero-order valence-electron chi connectivity index (χ0n) is 17.2. The van der Waals surface area contributed by atoms with Gasteiger partial charge < -0.3 is 14.0 Å². The Morgan fingerprint density at radius 2 is 1.72 bits per heavy atom. The lowest BCUT2D eigenvalue weighted by Crippen LogP contribution is -2.54. The van der Waals surface area contributed by atoms with Crippen LogP contribution in [0.4, 0.5) is 10.5 Å². The Morgan fingerprint density at radius 3 is 2.41 bits per heavy atom. The van der Waals surface area contributed by atoms with Gasteiger partial charge in [0.1, 0.15) is 17.1 Å². The average Bonchev–Trinajstić information content (AvgIpc) is 3.25. The summed E-state index contributed by atoms with van der Waals surface area (Å²) in [6.45, 7) is 0. The van der Waals surface area contributed by atoms with Crippen LogP contribution in [0.5, 0.6) is 11.5 Å². The molecule has 0 atom stereocenters. The number of carbonyl (C=O) groups excluding carboxylic acids is 3. The number of urea groups is 1. The molecule has 1 aliphatic rings. The maximum absolute atomic E-state index is 13.1. The minimum absolute atomic E-state index is 0.193. The summed E-state index contributed by atoms with van der Waals surface area (Å²) >= 11 is 6.15. The van der Waals surface area contributed by atoms with Crippen LogP contribution in [-0.2, 0) is 9.59 Å². The van der Waals surface area contributed by atoms with Gasteiger partial charge in [0, 0.05) is 16.9 Å². The van der Waals surface area contributed by atoms with Gasteiger partial charge in [-0.2, -0.15) is 0 Å². The van der Waals surface area contributed by atoms with Crippen molar-refractivity contribution in [1.29, 1.82) is 0 Å². The molecule has 0 radical (unpaired) electrons. The fourth-order valence-electron chi connectivity index (χ4n) is 3.35. The summed E-state index contributed by atoms with van der Waals surface area (Å²) in [7, 11) is 3.04. The number of benzene rings is 2. The first-order valence-electron chi connectivity index (χ1n) is 9.49. The molecule has 4 amide bonds. The van der Waals surface area contributed by atoms with E-state index in [9.17, 15) is 14.4 Å². The maximum Gasteiger partial charge on any atom is 0.335 e. The second-order valence-corrected chi connectivity index (χ2v) is 7.21. The Morgan fingerprint density at radius 1 is 0.969 bits per heavy atom. The molecule has 0 saturated carbocycles. The highest BCUT2D eigenvalue weighted by Crippen LogP contribution is 2.29. The number of anilines is 1. The second-order valence-electron chi connectivity index (χ2n) is 6.78. The smallest absolute Gasteiger partial charge is 0.335 e. The number of hydrogen-bond acceptors (Lipinski definition) is 5. The van der Waals surface area contributed by atoms with Crippen molar-refractivity contribution < 1.29 is 23.9 Å². The van der Waals surface area contributed by atoms with E-state index in [0.29, 0.717) is 33.6 Å². The molecule has 2 aromatic carbocycles. The Balaban J connectivity index is 1.75. The Bertz CT molecular complexity index is 1250. The van der Waals surface area contributed by atoms with Crippen molar-refractivity contribution in [3.8, 4) is 17.2 Å². The molecule has 1 aromatic heterocycles. The van der Waals surface area contributed by atoms with Crippen LogP contribution in [-0.4, -0.2) is 36.6 Å². The van der Waals surface area contributed by atoms with Gasteiger partial charge >= 0.3 is 6.03 Å². The predicted octanol–water partition coefficient (Wildman–Crippen LogP) is 3.81. The number of methoxy groups -OCH3 is 2. The van der Waals surface area contributed by atoms with E-state index >= 15 is 0 Å². The topological polar surface area (TPSA) is 89.9 Å². The molecule has 9 heteroatoms. The third kappa shape index (κ3) is 3.83. The maximum atomic E-state index is 13.1. The van der Waals surface area contributed by atoms with Crippen LogP contribution in [0.1, 0.15) is 5.69 Å². The molecular formula is C23H18ClN3O5. The highest BCUT2D eigenvalue weighted by molar-refractivity contribution is 6.39. The Labute approximate surface area is 188 Å². The summed E-state index contributed by atoms with van der Waals surface area (Å²) in [4.78, 5) is 39.0. The zero-order valence-corrected chi connectivity index (χ0v) is 17.9. The summed E-state index contributed by atoms with van der Waals surface area (Å²) < 4.78 is 12.2. The molecule has 0 unspecified atom stereocenters. The van der Waals surface area contributed by atoms with Gasteiger partial charge in [0.15, 0.2) is 0 Å². The average molecular weight is 452 g/mol. The largest absolute Gasteiger partial charge is 0.497 e. The number of amides is 4. The molecule has 0 aliphatic carbocycles. The van der Waals surface area contributed by atoms with Gasteiger partial charge in [-0.25, -0.2) is 9.69 Å². The van der Waals surface area contributed by atoms with Crippen molar-refractivity contribution in [3.05, 3.63) is 77.1 Å². The third-order valence-corrected chi connectivity index (χ3v) is 5.14. The van der Waals surface area contributed by atoms with Crippen molar-refractivity contribution >= 4 is 41.2 Å². The van der Waals surface area contributed by atoms with E-state index in [1.165, 1.54) is 20.3 Å². The van der Waals surface area contributed by atoms with Gasteiger partial charge in [-0.05, 0) is 60.7 Å². The van der Waals surface area contributed by atoms with E-state index in [-0.39, 0.29) is 5.57 Å². The van der Waals surface area contributed by atoms with Gasteiger partial charge in [0.05, 0.1) is 25.6 Å². The number of rotatable bonds is 5. The number of imide groups is 2. The lowest BCUT2D eigenvalue weighted by molar-refractivity contribution is -0.122. The molecule has 1 saturated heterocycles. The molecule has 0 spiro atoms. The fourth-order valence-corrected chi connectivity index (χ4v) is 3.52. The number of hydrogen-bond donors (Lipinski definition) is 1. The van der Waals surface area contributed by atoms with E-state index in [2.05, 4.69) is 5.32 Å². The number of carbonyl (C=O) groups is 3. The van der Waals surface area contributed by atoms with Crippen molar-refractivity contribution in [2.45, 2.75) is 0 Å². The van der Waals surface area contributed by atoms with Gasteiger partial charge in [-0.1, -0.05) is 11.6 Å². The number of ether oxygens (including phenoxy) is 2.